The number of carbonyl (C=O) groups excluding carboxylic acids is 1. The molecule has 4 heteroatoms. The van der Waals surface area contributed by atoms with E-state index < -0.39 is 5.60 Å². The Kier molecular flexibility index (Phi) is 9.59. The molecule has 0 amide bonds. The van der Waals surface area contributed by atoms with Crippen molar-refractivity contribution in [3.8, 4) is 0 Å². The average molecular weight is 518 g/mol. The zero-order chi connectivity index (χ0) is 24.8. The number of benzene rings is 3. The molecule has 37 heavy (non-hydrogen) atoms. The van der Waals surface area contributed by atoms with Gasteiger partial charge in [-0.1, -0.05) is 97.8 Å². The Hall–Kier alpha value is -2.46. The largest absolute Gasteiger partial charge is 0.380 e. The summed E-state index contributed by atoms with van der Waals surface area (Å²) in [5, 5.41) is 12.1. The number of hydrogen-bond donors (Lipinski definition) is 1. The van der Waals surface area contributed by atoms with Crippen LogP contribution in [0.2, 0.25) is 0 Å². The standard InChI is InChI=1S/C33H39NO2.ClH/c35-32(28-19-17-27(18-20-28)26-10-7-8-11-26)16-9-23-34-24-21-31(22-25-34)33(36,29-12-3-1-4-13-29)30-14-5-2-6-15-30;/h1-6,12-15,17-20,26,31,36H,7-11,16,21-25H2;1H. The van der Waals surface area contributed by atoms with Gasteiger partial charge in [0, 0.05) is 12.0 Å². The van der Waals surface area contributed by atoms with Crippen molar-refractivity contribution in [1.82, 2.24) is 4.90 Å². The number of carbonyl (C=O) groups is 1. The number of rotatable bonds is 9. The zero-order valence-electron chi connectivity index (χ0n) is 21.7. The summed E-state index contributed by atoms with van der Waals surface area (Å²) in [6, 6.07) is 28.7. The van der Waals surface area contributed by atoms with Crippen LogP contribution in [0, 0.1) is 5.92 Å². The zero-order valence-corrected chi connectivity index (χ0v) is 22.5. The lowest BCUT2D eigenvalue weighted by atomic mass is 9.72. The van der Waals surface area contributed by atoms with Gasteiger partial charge in [-0.15, -0.1) is 12.4 Å². The fraction of sp³-hybridized carbons (Fsp3) is 0.424. The third kappa shape index (κ3) is 6.34. The molecular weight excluding hydrogens is 478 g/mol. The van der Waals surface area contributed by atoms with Gasteiger partial charge in [0.15, 0.2) is 5.78 Å². The molecule has 5 rings (SSSR count). The van der Waals surface area contributed by atoms with Crippen molar-refractivity contribution in [1.29, 1.82) is 0 Å². The Morgan fingerprint density at radius 2 is 1.32 bits per heavy atom. The van der Waals surface area contributed by atoms with Gasteiger partial charge in [0.05, 0.1) is 0 Å². The fourth-order valence-corrected chi connectivity index (χ4v) is 6.40. The highest BCUT2D eigenvalue weighted by atomic mass is 35.5. The van der Waals surface area contributed by atoms with Crippen LogP contribution in [0.4, 0.5) is 0 Å². The molecule has 3 aromatic carbocycles. The molecule has 0 spiro atoms. The summed E-state index contributed by atoms with van der Waals surface area (Å²) in [5.41, 5.74) is 3.22. The number of aliphatic hydroxyl groups is 1. The highest BCUT2D eigenvalue weighted by molar-refractivity contribution is 5.96. The molecule has 0 atom stereocenters. The first-order valence-corrected chi connectivity index (χ1v) is 13.8. The Balaban J connectivity index is 0.00000320. The average Bonchev–Trinajstić information content (AvgIpc) is 3.49. The van der Waals surface area contributed by atoms with Crippen LogP contribution in [0.25, 0.3) is 0 Å². The Labute approximate surface area is 228 Å². The third-order valence-electron chi connectivity index (χ3n) is 8.54. The van der Waals surface area contributed by atoms with Crippen LogP contribution in [-0.4, -0.2) is 35.4 Å². The summed E-state index contributed by atoms with van der Waals surface area (Å²) in [4.78, 5) is 15.2. The molecule has 1 saturated carbocycles. The molecule has 1 aliphatic heterocycles. The van der Waals surface area contributed by atoms with Crippen LogP contribution in [0.15, 0.2) is 84.9 Å². The van der Waals surface area contributed by atoms with E-state index in [1.54, 1.807) is 0 Å². The van der Waals surface area contributed by atoms with Crippen LogP contribution < -0.4 is 0 Å². The summed E-state index contributed by atoms with van der Waals surface area (Å²) in [6.45, 7) is 2.85. The van der Waals surface area contributed by atoms with Crippen molar-refractivity contribution in [2.75, 3.05) is 19.6 Å². The van der Waals surface area contributed by atoms with Gasteiger partial charge in [-0.2, -0.15) is 0 Å². The molecule has 1 N–H and O–H groups in total. The maximum atomic E-state index is 12.8. The number of piperidine rings is 1. The number of nitrogens with zero attached hydrogens (tertiary/aromatic N) is 1. The first-order chi connectivity index (χ1) is 17.6. The quantitative estimate of drug-likeness (QED) is 0.301. The Morgan fingerprint density at radius 3 is 1.86 bits per heavy atom. The Morgan fingerprint density at radius 1 is 0.784 bits per heavy atom. The van der Waals surface area contributed by atoms with E-state index in [0.29, 0.717) is 12.3 Å². The number of halogens is 1. The number of ketones is 1. The van der Waals surface area contributed by atoms with Crippen LogP contribution >= 0.6 is 12.4 Å². The molecule has 0 radical (unpaired) electrons. The van der Waals surface area contributed by atoms with Crippen molar-refractivity contribution >= 4 is 18.2 Å². The molecule has 0 unspecified atom stereocenters. The molecule has 1 saturated heterocycles. The van der Waals surface area contributed by atoms with Crippen molar-refractivity contribution < 1.29 is 9.90 Å². The van der Waals surface area contributed by atoms with Gasteiger partial charge >= 0.3 is 0 Å². The summed E-state index contributed by atoms with van der Waals surface area (Å²) >= 11 is 0. The minimum atomic E-state index is -0.977. The molecule has 0 bridgehead atoms. The highest BCUT2D eigenvalue weighted by Crippen LogP contribution is 2.42. The Bertz CT molecular complexity index is 1060. The van der Waals surface area contributed by atoms with Gasteiger partial charge in [-0.25, -0.2) is 0 Å². The fourth-order valence-electron chi connectivity index (χ4n) is 6.40. The van der Waals surface area contributed by atoms with Crippen molar-refractivity contribution in [3.63, 3.8) is 0 Å². The minimum Gasteiger partial charge on any atom is -0.380 e. The summed E-state index contributed by atoms with van der Waals surface area (Å²) in [6.07, 6.45) is 8.61. The van der Waals surface area contributed by atoms with Crippen molar-refractivity contribution in [2.24, 2.45) is 5.92 Å². The van der Waals surface area contributed by atoms with Crippen molar-refractivity contribution in [3.05, 3.63) is 107 Å². The predicted octanol–water partition coefficient (Wildman–Crippen LogP) is 7.38. The van der Waals surface area contributed by atoms with Gasteiger partial charge < -0.3 is 10.0 Å². The third-order valence-corrected chi connectivity index (χ3v) is 8.54. The smallest absolute Gasteiger partial charge is 0.162 e. The molecule has 3 nitrogen and oxygen atoms in total. The molecule has 1 heterocycles. The number of hydrogen-bond acceptors (Lipinski definition) is 3. The van der Waals surface area contributed by atoms with Crippen LogP contribution in [0.1, 0.15) is 84.3 Å². The summed E-state index contributed by atoms with van der Waals surface area (Å²) in [7, 11) is 0. The van der Waals surface area contributed by atoms with E-state index in [0.717, 1.165) is 55.6 Å². The molecule has 2 aliphatic rings. The SMILES string of the molecule is Cl.O=C(CCCN1CCC(C(O)(c2ccccc2)c2ccccc2)CC1)c1ccc(C2CCCC2)cc1. The summed E-state index contributed by atoms with van der Waals surface area (Å²) in [5.74, 6) is 1.11. The lowest BCUT2D eigenvalue weighted by Gasteiger charge is -2.42. The van der Waals surface area contributed by atoms with E-state index in [-0.39, 0.29) is 24.1 Å². The molecular formula is C33H40ClNO2. The second-order valence-electron chi connectivity index (χ2n) is 10.7. The van der Waals surface area contributed by atoms with E-state index in [2.05, 4.69) is 17.0 Å². The number of Topliss-reactive ketones (excluding diaryl/α,β-unsaturated/α-hetero) is 1. The molecule has 3 aromatic rings. The maximum absolute atomic E-state index is 12.8. The van der Waals surface area contributed by atoms with Crippen molar-refractivity contribution in [2.45, 2.75) is 62.9 Å². The normalized spacial score (nSPS) is 17.4. The van der Waals surface area contributed by atoms with E-state index in [1.165, 1.54) is 31.2 Å². The number of likely N-dealkylation sites (tertiary alicyclic amines) is 1. The van der Waals surface area contributed by atoms with E-state index in [1.807, 2.05) is 72.8 Å². The second-order valence-corrected chi connectivity index (χ2v) is 10.7. The van der Waals surface area contributed by atoms with Crippen LogP contribution in [0.5, 0.6) is 0 Å². The van der Waals surface area contributed by atoms with Gasteiger partial charge in [0.2, 0.25) is 0 Å². The van der Waals surface area contributed by atoms with Crippen LogP contribution in [0.3, 0.4) is 0 Å². The lowest BCUT2D eigenvalue weighted by Crippen LogP contribution is -2.44. The maximum Gasteiger partial charge on any atom is 0.162 e. The molecule has 1 aliphatic carbocycles. The van der Waals surface area contributed by atoms with Gasteiger partial charge in [0.1, 0.15) is 5.60 Å². The monoisotopic (exact) mass is 517 g/mol. The second kappa shape index (κ2) is 12.9. The molecule has 0 aromatic heterocycles. The van der Waals surface area contributed by atoms with E-state index >= 15 is 0 Å². The molecule has 2 fully saturated rings. The highest BCUT2D eigenvalue weighted by Gasteiger charge is 2.41. The van der Waals surface area contributed by atoms with E-state index in [9.17, 15) is 9.90 Å². The first kappa shape index (κ1) is 27.6. The predicted molar refractivity (Wildman–Crippen MR) is 154 cm³/mol. The first-order valence-electron chi connectivity index (χ1n) is 13.8. The molecule has 196 valence electrons. The minimum absolute atomic E-state index is 0. The van der Waals surface area contributed by atoms with Gasteiger partial charge in [0.25, 0.3) is 0 Å². The summed E-state index contributed by atoms with van der Waals surface area (Å²) < 4.78 is 0. The van der Waals surface area contributed by atoms with Gasteiger partial charge in [-0.05, 0) is 80.3 Å². The topological polar surface area (TPSA) is 40.5 Å². The van der Waals surface area contributed by atoms with Gasteiger partial charge in [-0.3, -0.25) is 4.79 Å². The lowest BCUT2D eigenvalue weighted by molar-refractivity contribution is -0.0142. The van der Waals surface area contributed by atoms with E-state index in [4.69, 9.17) is 0 Å². The van der Waals surface area contributed by atoms with Crippen LogP contribution in [-0.2, 0) is 5.60 Å².